The Bertz CT molecular complexity index is 438. The highest BCUT2D eigenvalue weighted by Gasteiger charge is 2.33. The topological polar surface area (TPSA) is 30.5 Å². The van der Waals surface area contributed by atoms with E-state index in [4.69, 9.17) is 9.47 Å². The van der Waals surface area contributed by atoms with E-state index in [0.717, 1.165) is 24.5 Å². The van der Waals surface area contributed by atoms with E-state index >= 15 is 0 Å². The molecule has 0 aromatic heterocycles. The molecule has 3 heteroatoms. The van der Waals surface area contributed by atoms with Gasteiger partial charge >= 0.3 is 0 Å². The number of hydrogen-bond acceptors (Lipinski definition) is 3. The smallest absolute Gasteiger partial charge is 0.165 e. The second kappa shape index (κ2) is 4.47. The van der Waals surface area contributed by atoms with Crippen molar-refractivity contribution in [3.63, 3.8) is 0 Å². The monoisotopic (exact) mass is 249 g/mol. The number of hydrogen-bond donors (Lipinski definition) is 1. The Kier molecular flexibility index (Phi) is 3.28. The summed E-state index contributed by atoms with van der Waals surface area (Å²) in [5, 5.41) is 3.15. The van der Waals surface area contributed by atoms with Gasteiger partial charge in [0.15, 0.2) is 11.5 Å². The average Bonchev–Trinajstić information content (AvgIpc) is 2.52. The fraction of sp³-hybridized carbons (Fsp3) is 0.600. The molecule has 18 heavy (non-hydrogen) atoms. The third-order valence-corrected chi connectivity index (χ3v) is 3.04. The fourth-order valence-corrected chi connectivity index (χ4v) is 2.43. The van der Waals surface area contributed by atoms with Gasteiger partial charge in [-0.25, -0.2) is 0 Å². The maximum absolute atomic E-state index is 6.09. The zero-order chi connectivity index (χ0) is 13.4. The Labute approximate surface area is 109 Å². The molecule has 0 saturated heterocycles. The first-order valence-corrected chi connectivity index (χ1v) is 6.47. The van der Waals surface area contributed by atoms with Gasteiger partial charge in [0.1, 0.15) is 11.2 Å². The lowest BCUT2D eigenvalue weighted by molar-refractivity contribution is 0.0910. The van der Waals surface area contributed by atoms with Gasteiger partial charge in [0.25, 0.3) is 0 Å². The maximum atomic E-state index is 6.09. The van der Waals surface area contributed by atoms with Crippen LogP contribution in [0.15, 0.2) is 18.2 Å². The molecule has 0 spiro atoms. The molecule has 0 aliphatic carbocycles. The highest BCUT2D eigenvalue weighted by molar-refractivity contribution is 5.50. The summed E-state index contributed by atoms with van der Waals surface area (Å²) in [6.07, 6.45) is 0.936. The van der Waals surface area contributed by atoms with Gasteiger partial charge in [-0.05, 0) is 40.8 Å². The first-order valence-electron chi connectivity index (χ1n) is 6.47. The normalized spacial score (nSPS) is 17.2. The lowest BCUT2D eigenvalue weighted by Gasteiger charge is -2.27. The van der Waals surface area contributed by atoms with Crippen molar-refractivity contribution in [3.8, 4) is 11.5 Å². The van der Waals surface area contributed by atoms with E-state index in [1.54, 1.807) is 0 Å². The van der Waals surface area contributed by atoms with Gasteiger partial charge in [-0.2, -0.15) is 0 Å². The largest absolute Gasteiger partial charge is 0.483 e. The second-order valence-corrected chi connectivity index (χ2v) is 6.18. The van der Waals surface area contributed by atoms with Gasteiger partial charge in [0.2, 0.25) is 0 Å². The number of fused-ring (bicyclic) bond motifs is 1. The van der Waals surface area contributed by atoms with Crippen LogP contribution >= 0.6 is 0 Å². The number of likely N-dealkylation sites (N-methyl/N-ethyl adjacent to an activating group) is 1. The van der Waals surface area contributed by atoms with Crippen LogP contribution in [0.4, 0.5) is 0 Å². The molecule has 0 atom stereocenters. The summed E-state index contributed by atoms with van der Waals surface area (Å²) in [6, 6.07) is 6.13. The van der Waals surface area contributed by atoms with Gasteiger partial charge < -0.3 is 14.8 Å². The van der Waals surface area contributed by atoms with Crippen molar-refractivity contribution in [2.24, 2.45) is 0 Å². The fourth-order valence-electron chi connectivity index (χ4n) is 2.43. The molecule has 1 heterocycles. The summed E-state index contributed by atoms with van der Waals surface area (Å²) in [5.41, 5.74) is 0.854. The summed E-state index contributed by atoms with van der Waals surface area (Å²) in [4.78, 5) is 0. The quantitative estimate of drug-likeness (QED) is 0.890. The van der Waals surface area contributed by atoms with E-state index in [0.29, 0.717) is 0 Å². The van der Waals surface area contributed by atoms with Crippen molar-refractivity contribution in [2.45, 2.75) is 45.3 Å². The van der Waals surface area contributed by atoms with Crippen LogP contribution < -0.4 is 14.8 Å². The van der Waals surface area contributed by atoms with E-state index in [2.05, 4.69) is 39.1 Å². The van der Waals surface area contributed by atoms with Gasteiger partial charge in [-0.15, -0.1) is 0 Å². The standard InChI is InChI=1S/C15H23NO2/c1-14(2)9-11-7-6-8-12(13(11)18-14)17-15(3,4)10-16-5/h6-8,16H,9-10H2,1-5H3. The maximum Gasteiger partial charge on any atom is 0.165 e. The third kappa shape index (κ3) is 2.78. The summed E-state index contributed by atoms with van der Waals surface area (Å²) in [7, 11) is 1.93. The minimum atomic E-state index is -0.250. The number of rotatable bonds is 4. The SMILES string of the molecule is CNCC(C)(C)Oc1cccc2c1OC(C)(C)C2. The van der Waals surface area contributed by atoms with Crippen LogP contribution in [0.5, 0.6) is 11.5 Å². The van der Waals surface area contributed by atoms with E-state index in [1.807, 2.05) is 19.2 Å². The zero-order valence-electron chi connectivity index (χ0n) is 12.0. The van der Waals surface area contributed by atoms with Crippen LogP contribution in [0, 0.1) is 0 Å². The molecule has 1 aliphatic heterocycles. The van der Waals surface area contributed by atoms with Gasteiger partial charge in [-0.1, -0.05) is 12.1 Å². The lowest BCUT2D eigenvalue weighted by Crippen LogP contribution is -2.39. The molecule has 0 saturated carbocycles. The Hall–Kier alpha value is -1.22. The van der Waals surface area contributed by atoms with Crippen LogP contribution in [0.25, 0.3) is 0 Å². The molecule has 0 fully saturated rings. The highest BCUT2D eigenvalue weighted by Crippen LogP contribution is 2.42. The molecule has 1 aromatic rings. The predicted molar refractivity (Wildman–Crippen MR) is 73.5 cm³/mol. The van der Waals surface area contributed by atoms with Gasteiger partial charge in [0.05, 0.1) is 0 Å². The number of para-hydroxylation sites is 1. The Morgan fingerprint density at radius 1 is 1.39 bits per heavy atom. The summed E-state index contributed by atoms with van der Waals surface area (Å²) in [6.45, 7) is 9.15. The van der Waals surface area contributed by atoms with Crippen LogP contribution in [0.2, 0.25) is 0 Å². The summed E-state index contributed by atoms with van der Waals surface area (Å²) in [5.74, 6) is 1.75. The molecule has 3 nitrogen and oxygen atoms in total. The molecule has 0 radical (unpaired) electrons. The number of ether oxygens (including phenoxy) is 2. The average molecular weight is 249 g/mol. The minimum absolute atomic E-state index is 0.130. The Morgan fingerprint density at radius 2 is 2.11 bits per heavy atom. The number of nitrogens with one attached hydrogen (secondary N) is 1. The molecule has 0 unspecified atom stereocenters. The molecule has 0 amide bonds. The first kappa shape index (κ1) is 13.2. The van der Waals surface area contributed by atoms with Crippen LogP contribution in [0.1, 0.15) is 33.3 Å². The summed E-state index contributed by atoms with van der Waals surface area (Å²) >= 11 is 0. The van der Waals surface area contributed by atoms with Crippen molar-refractivity contribution in [2.75, 3.05) is 13.6 Å². The molecular weight excluding hydrogens is 226 g/mol. The van der Waals surface area contributed by atoms with Crippen molar-refractivity contribution in [1.82, 2.24) is 5.32 Å². The van der Waals surface area contributed by atoms with Crippen LogP contribution in [-0.2, 0) is 6.42 Å². The molecule has 100 valence electrons. The summed E-state index contributed by atoms with van der Waals surface area (Å²) < 4.78 is 12.1. The molecule has 1 N–H and O–H groups in total. The lowest BCUT2D eigenvalue weighted by atomic mass is 10.0. The van der Waals surface area contributed by atoms with Crippen molar-refractivity contribution < 1.29 is 9.47 Å². The number of benzene rings is 1. The molecule has 0 bridgehead atoms. The first-order chi connectivity index (χ1) is 8.33. The second-order valence-electron chi connectivity index (χ2n) is 6.18. The van der Waals surface area contributed by atoms with E-state index in [1.165, 1.54) is 5.56 Å². The Balaban J connectivity index is 2.24. The van der Waals surface area contributed by atoms with Crippen LogP contribution in [0.3, 0.4) is 0 Å². The van der Waals surface area contributed by atoms with E-state index < -0.39 is 0 Å². The molecule has 1 aromatic carbocycles. The van der Waals surface area contributed by atoms with Gasteiger partial charge in [-0.3, -0.25) is 0 Å². The highest BCUT2D eigenvalue weighted by atomic mass is 16.5. The third-order valence-electron chi connectivity index (χ3n) is 3.04. The minimum Gasteiger partial charge on any atom is -0.483 e. The van der Waals surface area contributed by atoms with E-state index in [-0.39, 0.29) is 11.2 Å². The van der Waals surface area contributed by atoms with Crippen LogP contribution in [-0.4, -0.2) is 24.8 Å². The van der Waals surface area contributed by atoms with Crippen molar-refractivity contribution in [1.29, 1.82) is 0 Å². The van der Waals surface area contributed by atoms with E-state index in [9.17, 15) is 0 Å². The molecular formula is C15H23NO2. The van der Waals surface area contributed by atoms with Crippen molar-refractivity contribution >= 4 is 0 Å². The predicted octanol–water partition coefficient (Wildman–Crippen LogP) is 2.78. The zero-order valence-corrected chi connectivity index (χ0v) is 12.0. The van der Waals surface area contributed by atoms with Crippen molar-refractivity contribution in [3.05, 3.63) is 23.8 Å². The Morgan fingerprint density at radius 3 is 2.78 bits per heavy atom. The van der Waals surface area contributed by atoms with Gasteiger partial charge in [0, 0.05) is 18.5 Å². The molecule has 1 aliphatic rings. The molecule has 2 rings (SSSR count).